The van der Waals surface area contributed by atoms with Crippen molar-refractivity contribution >= 4 is 17.4 Å². The zero-order valence-electron chi connectivity index (χ0n) is 12.1. The zero-order valence-corrected chi connectivity index (χ0v) is 14.1. The van der Waals surface area contributed by atoms with Gasteiger partial charge in [0.25, 0.3) is 0 Å². The minimum absolute atomic E-state index is 0. The largest absolute Gasteiger partial charge is 1.00 e. The van der Waals surface area contributed by atoms with Crippen molar-refractivity contribution in [3.8, 4) is 0 Å². The predicted molar refractivity (Wildman–Crippen MR) is 75.0 cm³/mol. The SMILES string of the molecule is C/C(=C\C(=O)C1=CC=CC1)Nc1ccc(C(=O)[O-])cc1.[Na+]. The van der Waals surface area contributed by atoms with E-state index in [-0.39, 0.29) is 40.9 Å². The van der Waals surface area contributed by atoms with Gasteiger partial charge < -0.3 is 15.2 Å². The minimum Gasteiger partial charge on any atom is -0.545 e. The molecule has 2 rings (SSSR count). The molecule has 5 heteroatoms. The van der Waals surface area contributed by atoms with Crippen LogP contribution < -0.4 is 40.0 Å². The van der Waals surface area contributed by atoms with Crippen LogP contribution in [0.1, 0.15) is 23.7 Å². The average Bonchev–Trinajstić information content (AvgIpc) is 2.93. The summed E-state index contributed by atoms with van der Waals surface area (Å²) in [6.45, 7) is 1.79. The van der Waals surface area contributed by atoms with Crippen LogP contribution in [0.5, 0.6) is 0 Å². The number of carbonyl (C=O) groups is 2. The molecule has 0 saturated carbocycles. The maximum Gasteiger partial charge on any atom is 1.00 e. The molecule has 0 heterocycles. The number of rotatable bonds is 5. The van der Waals surface area contributed by atoms with Crippen LogP contribution >= 0.6 is 0 Å². The van der Waals surface area contributed by atoms with Gasteiger partial charge in [-0.15, -0.1) is 0 Å². The normalized spacial score (nSPS) is 13.4. The summed E-state index contributed by atoms with van der Waals surface area (Å²) >= 11 is 0. The molecule has 1 N–H and O–H groups in total. The third-order valence-corrected chi connectivity index (χ3v) is 2.90. The molecule has 1 aliphatic carbocycles. The van der Waals surface area contributed by atoms with Gasteiger partial charge in [0.15, 0.2) is 5.78 Å². The number of hydrogen-bond acceptors (Lipinski definition) is 4. The van der Waals surface area contributed by atoms with E-state index in [0.717, 1.165) is 11.3 Å². The molecule has 0 spiro atoms. The first-order valence-electron chi connectivity index (χ1n) is 6.23. The van der Waals surface area contributed by atoms with Gasteiger partial charge in [0.05, 0.1) is 5.97 Å². The van der Waals surface area contributed by atoms with Crippen molar-refractivity contribution in [2.45, 2.75) is 13.3 Å². The molecule has 0 saturated heterocycles. The first kappa shape index (κ1) is 17.4. The van der Waals surface area contributed by atoms with Gasteiger partial charge in [0.1, 0.15) is 0 Å². The van der Waals surface area contributed by atoms with Crippen molar-refractivity contribution < 1.29 is 44.3 Å². The fourth-order valence-electron chi connectivity index (χ4n) is 1.87. The van der Waals surface area contributed by atoms with Gasteiger partial charge in [0.2, 0.25) is 0 Å². The maximum atomic E-state index is 11.9. The molecule has 1 aliphatic rings. The zero-order chi connectivity index (χ0) is 14.5. The van der Waals surface area contributed by atoms with E-state index in [9.17, 15) is 14.7 Å². The second-order valence-electron chi connectivity index (χ2n) is 4.51. The van der Waals surface area contributed by atoms with Crippen molar-refractivity contribution in [2.24, 2.45) is 0 Å². The second-order valence-corrected chi connectivity index (χ2v) is 4.51. The maximum absolute atomic E-state index is 11.9. The smallest absolute Gasteiger partial charge is 0.545 e. The monoisotopic (exact) mass is 291 g/mol. The van der Waals surface area contributed by atoms with Gasteiger partial charge >= 0.3 is 29.6 Å². The number of benzene rings is 1. The van der Waals surface area contributed by atoms with Crippen molar-refractivity contribution in [3.63, 3.8) is 0 Å². The van der Waals surface area contributed by atoms with E-state index in [0.29, 0.717) is 12.1 Å². The summed E-state index contributed by atoms with van der Waals surface area (Å²) in [7, 11) is 0. The molecule has 102 valence electrons. The van der Waals surface area contributed by atoms with Crippen molar-refractivity contribution in [2.75, 3.05) is 5.32 Å². The summed E-state index contributed by atoms with van der Waals surface area (Å²) in [5, 5.41) is 13.7. The number of hydrogen-bond donors (Lipinski definition) is 1. The van der Waals surface area contributed by atoms with Gasteiger partial charge in [0, 0.05) is 23.0 Å². The van der Waals surface area contributed by atoms with E-state index < -0.39 is 5.97 Å². The Bertz CT molecular complexity index is 627. The fourth-order valence-corrected chi connectivity index (χ4v) is 1.87. The number of carboxylic acids is 1. The molecule has 21 heavy (non-hydrogen) atoms. The first-order valence-corrected chi connectivity index (χ1v) is 6.23. The third kappa shape index (κ3) is 5.01. The number of ketones is 1. The van der Waals surface area contributed by atoms with Crippen LogP contribution in [0.2, 0.25) is 0 Å². The first-order chi connectivity index (χ1) is 9.56. The fraction of sp³-hybridized carbons (Fsp3) is 0.125. The Balaban J connectivity index is 0.00000220. The van der Waals surface area contributed by atoms with Crippen molar-refractivity contribution in [3.05, 3.63) is 65.4 Å². The number of allylic oxidation sites excluding steroid dienone is 6. The van der Waals surface area contributed by atoms with E-state index in [1.807, 2.05) is 12.2 Å². The Morgan fingerprint density at radius 2 is 1.90 bits per heavy atom. The molecule has 0 radical (unpaired) electrons. The molecule has 0 unspecified atom stereocenters. The Labute approximate surface area is 145 Å². The number of nitrogens with one attached hydrogen (secondary N) is 1. The Morgan fingerprint density at radius 3 is 2.43 bits per heavy atom. The van der Waals surface area contributed by atoms with Gasteiger partial charge in [-0.3, -0.25) is 4.79 Å². The Hall–Kier alpha value is -1.62. The van der Waals surface area contributed by atoms with Gasteiger partial charge in [-0.05, 0) is 31.0 Å². The van der Waals surface area contributed by atoms with Crippen molar-refractivity contribution in [1.82, 2.24) is 0 Å². The summed E-state index contributed by atoms with van der Waals surface area (Å²) in [5.41, 5.74) is 2.30. The van der Waals surface area contributed by atoms with Crippen LogP contribution in [0.3, 0.4) is 0 Å². The van der Waals surface area contributed by atoms with E-state index in [4.69, 9.17) is 0 Å². The van der Waals surface area contributed by atoms with Crippen LogP contribution in [-0.4, -0.2) is 11.8 Å². The second kappa shape index (κ2) is 7.98. The molecular weight excluding hydrogens is 277 g/mol. The Kier molecular flexibility index (Phi) is 6.62. The van der Waals surface area contributed by atoms with Gasteiger partial charge in [-0.1, -0.05) is 30.4 Å². The number of carbonyl (C=O) groups excluding carboxylic acids is 2. The standard InChI is InChI=1S/C16H15NO3.Na/c1-11(10-15(18)12-4-2-3-5-12)17-14-8-6-13(7-9-14)16(19)20;/h2-4,6-10,17H,5H2,1H3,(H,19,20);/q;+1/p-1/b11-10+;. The molecule has 0 fully saturated rings. The van der Waals surface area contributed by atoms with Crippen LogP contribution in [0.4, 0.5) is 5.69 Å². The number of aromatic carboxylic acids is 1. The van der Waals surface area contributed by atoms with Crippen LogP contribution in [0, 0.1) is 0 Å². The summed E-state index contributed by atoms with van der Waals surface area (Å²) < 4.78 is 0. The summed E-state index contributed by atoms with van der Waals surface area (Å²) in [5.74, 6) is -1.23. The van der Waals surface area contributed by atoms with Crippen LogP contribution in [-0.2, 0) is 4.79 Å². The predicted octanol–water partition coefficient (Wildman–Crippen LogP) is -1.17. The van der Waals surface area contributed by atoms with E-state index in [1.54, 1.807) is 25.1 Å². The quantitative estimate of drug-likeness (QED) is 0.548. The third-order valence-electron chi connectivity index (χ3n) is 2.90. The molecule has 1 aromatic rings. The molecular formula is C16H14NNaO3. The Morgan fingerprint density at radius 1 is 1.24 bits per heavy atom. The van der Waals surface area contributed by atoms with Gasteiger partial charge in [-0.25, -0.2) is 0 Å². The molecule has 0 aromatic heterocycles. The molecule has 0 aliphatic heterocycles. The van der Waals surface area contributed by atoms with Crippen molar-refractivity contribution in [1.29, 1.82) is 0 Å². The van der Waals surface area contributed by atoms with Gasteiger partial charge in [-0.2, -0.15) is 0 Å². The molecule has 4 nitrogen and oxygen atoms in total. The molecule has 0 atom stereocenters. The summed E-state index contributed by atoms with van der Waals surface area (Å²) in [4.78, 5) is 22.5. The van der Waals surface area contributed by atoms with Crippen LogP contribution in [0.15, 0.2) is 59.8 Å². The molecule has 1 aromatic carbocycles. The minimum atomic E-state index is -1.21. The number of anilines is 1. The van der Waals surface area contributed by atoms with E-state index >= 15 is 0 Å². The molecule has 0 amide bonds. The topological polar surface area (TPSA) is 69.2 Å². The number of carboxylic acid groups (broad SMARTS) is 1. The van der Waals surface area contributed by atoms with E-state index in [1.165, 1.54) is 18.2 Å². The molecule has 0 bridgehead atoms. The summed E-state index contributed by atoms with van der Waals surface area (Å²) in [6.07, 6.45) is 7.81. The van der Waals surface area contributed by atoms with E-state index in [2.05, 4.69) is 5.32 Å². The summed E-state index contributed by atoms with van der Waals surface area (Å²) in [6, 6.07) is 6.17. The van der Waals surface area contributed by atoms with Crippen LogP contribution in [0.25, 0.3) is 0 Å². The average molecular weight is 291 g/mol.